The van der Waals surface area contributed by atoms with Crippen molar-refractivity contribution in [1.29, 1.82) is 0 Å². The number of hydrogen-bond donors (Lipinski definition) is 1. The monoisotopic (exact) mass is 197 g/mol. The van der Waals surface area contributed by atoms with Crippen LogP contribution < -0.4 is 5.32 Å². The second-order valence-electron chi connectivity index (χ2n) is 5.70. The Morgan fingerprint density at radius 1 is 1.07 bits per heavy atom. The highest BCUT2D eigenvalue weighted by Crippen LogP contribution is 2.41. The zero-order chi connectivity index (χ0) is 10.6. The highest BCUT2D eigenvalue weighted by Gasteiger charge is 2.34. The number of nitrogens with one attached hydrogen (secondary N) is 1. The Hall–Kier alpha value is -0.0400. The van der Waals surface area contributed by atoms with Crippen LogP contribution in [0.3, 0.4) is 0 Å². The number of piperidine rings is 1. The topological polar surface area (TPSA) is 12.0 Å². The summed E-state index contributed by atoms with van der Waals surface area (Å²) in [6.07, 6.45) is 5.61. The molecule has 0 aromatic carbocycles. The van der Waals surface area contributed by atoms with Gasteiger partial charge in [0.15, 0.2) is 0 Å². The van der Waals surface area contributed by atoms with Gasteiger partial charge < -0.3 is 5.32 Å². The third-order valence-corrected chi connectivity index (χ3v) is 4.04. The van der Waals surface area contributed by atoms with E-state index in [1.165, 1.54) is 38.8 Å². The molecule has 0 radical (unpaired) electrons. The van der Waals surface area contributed by atoms with Crippen molar-refractivity contribution in [1.82, 2.24) is 5.32 Å². The average Bonchev–Trinajstić information content (AvgIpc) is 2.16. The summed E-state index contributed by atoms with van der Waals surface area (Å²) >= 11 is 0. The number of hydrogen-bond acceptors (Lipinski definition) is 1. The van der Waals surface area contributed by atoms with Gasteiger partial charge in [0.2, 0.25) is 0 Å². The minimum atomic E-state index is 0.648. The van der Waals surface area contributed by atoms with Gasteiger partial charge in [0.05, 0.1) is 0 Å². The van der Waals surface area contributed by atoms with Gasteiger partial charge in [0.1, 0.15) is 0 Å². The van der Waals surface area contributed by atoms with Crippen LogP contribution in [-0.4, -0.2) is 13.1 Å². The van der Waals surface area contributed by atoms with Gasteiger partial charge >= 0.3 is 0 Å². The molecule has 0 aromatic heterocycles. The SMILES string of the molecule is CC(C)CCC1(C(C)C)CCNCC1. The second-order valence-corrected chi connectivity index (χ2v) is 5.70. The third-order valence-electron chi connectivity index (χ3n) is 4.04. The maximum Gasteiger partial charge on any atom is -0.00435 e. The van der Waals surface area contributed by atoms with Crippen LogP contribution in [-0.2, 0) is 0 Å². The Balaban J connectivity index is 2.52. The zero-order valence-electron chi connectivity index (χ0n) is 10.4. The summed E-state index contributed by atoms with van der Waals surface area (Å²) < 4.78 is 0. The molecule has 1 heterocycles. The highest BCUT2D eigenvalue weighted by molar-refractivity contribution is 4.87. The predicted molar refractivity (Wildman–Crippen MR) is 63.4 cm³/mol. The van der Waals surface area contributed by atoms with Crippen LogP contribution in [0.15, 0.2) is 0 Å². The molecule has 0 atom stereocenters. The van der Waals surface area contributed by atoms with Gasteiger partial charge in [-0.05, 0) is 49.6 Å². The molecule has 1 heteroatoms. The third kappa shape index (κ3) is 2.98. The van der Waals surface area contributed by atoms with E-state index in [0.717, 1.165) is 11.8 Å². The van der Waals surface area contributed by atoms with Gasteiger partial charge in [-0.25, -0.2) is 0 Å². The van der Waals surface area contributed by atoms with Crippen LogP contribution in [0.4, 0.5) is 0 Å². The molecule has 1 aliphatic rings. The lowest BCUT2D eigenvalue weighted by Gasteiger charge is -2.42. The van der Waals surface area contributed by atoms with Gasteiger partial charge in [-0.15, -0.1) is 0 Å². The van der Waals surface area contributed by atoms with Gasteiger partial charge in [-0.3, -0.25) is 0 Å². The van der Waals surface area contributed by atoms with Crippen LogP contribution >= 0.6 is 0 Å². The van der Waals surface area contributed by atoms with Gasteiger partial charge in [-0.2, -0.15) is 0 Å². The normalized spacial score (nSPS) is 21.9. The summed E-state index contributed by atoms with van der Waals surface area (Å²) in [5.41, 5.74) is 0.648. The molecule has 84 valence electrons. The van der Waals surface area contributed by atoms with E-state index in [0.29, 0.717) is 5.41 Å². The van der Waals surface area contributed by atoms with Crippen LogP contribution in [0.2, 0.25) is 0 Å². The standard InChI is InChI=1S/C13H27N/c1-11(2)5-6-13(12(3)4)7-9-14-10-8-13/h11-12,14H,5-10H2,1-4H3. The fourth-order valence-corrected chi connectivity index (χ4v) is 2.62. The van der Waals surface area contributed by atoms with Crippen LogP contribution in [0.1, 0.15) is 53.4 Å². The van der Waals surface area contributed by atoms with Crippen LogP contribution in [0, 0.1) is 17.3 Å². The molecular formula is C13H27N. The first-order valence-electron chi connectivity index (χ1n) is 6.27. The second kappa shape index (κ2) is 5.16. The van der Waals surface area contributed by atoms with Crippen molar-refractivity contribution in [3.8, 4) is 0 Å². The molecule has 1 rings (SSSR count). The minimum Gasteiger partial charge on any atom is -0.317 e. The average molecular weight is 197 g/mol. The molecule has 0 aliphatic carbocycles. The molecule has 0 spiro atoms. The van der Waals surface area contributed by atoms with E-state index in [-0.39, 0.29) is 0 Å². The van der Waals surface area contributed by atoms with Crippen molar-refractivity contribution in [3.05, 3.63) is 0 Å². The van der Waals surface area contributed by atoms with E-state index in [2.05, 4.69) is 33.0 Å². The number of rotatable bonds is 4. The maximum atomic E-state index is 3.48. The zero-order valence-corrected chi connectivity index (χ0v) is 10.4. The van der Waals surface area contributed by atoms with Gasteiger partial charge in [-0.1, -0.05) is 34.1 Å². The quantitative estimate of drug-likeness (QED) is 0.728. The molecule has 0 saturated carbocycles. The first kappa shape index (κ1) is 12.0. The molecule has 1 fully saturated rings. The molecule has 1 aliphatic heterocycles. The molecule has 0 bridgehead atoms. The lowest BCUT2D eigenvalue weighted by molar-refractivity contribution is 0.106. The van der Waals surface area contributed by atoms with Crippen molar-refractivity contribution < 1.29 is 0 Å². The van der Waals surface area contributed by atoms with Crippen LogP contribution in [0.5, 0.6) is 0 Å². The summed E-state index contributed by atoms with van der Waals surface area (Å²) in [5, 5.41) is 3.48. The lowest BCUT2D eigenvalue weighted by atomic mass is 9.67. The first-order chi connectivity index (χ1) is 6.57. The Morgan fingerprint density at radius 3 is 2.07 bits per heavy atom. The van der Waals surface area contributed by atoms with E-state index < -0.39 is 0 Å². The Bertz CT molecular complexity index is 155. The summed E-state index contributed by atoms with van der Waals surface area (Å²) in [6, 6.07) is 0. The largest absolute Gasteiger partial charge is 0.317 e. The molecule has 14 heavy (non-hydrogen) atoms. The molecule has 1 N–H and O–H groups in total. The maximum absolute atomic E-state index is 3.48. The van der Waals surface area contributed by atoms with Crippen molar-refractivity contribution in [2.75, 3.05) is 13.1 Å². The van der Waals surface area contributed by atoms with E-state index in [4.69, 9.17) is 0 Å². The van der Waals surface area contributed by atoms with Gasteiger partial charge in [0, 0.05) is 0 Å². The van der Waals surface area contributed by atoms with Crippen molar-refractivity contribution >= 4 is 0 Å². The van der Waals surface area contributed by atoms with E-state index >= 15 is 0 Å². The van der Waals surface area contributed by atoms with E-state index in [9.17, 15) is 0 Å². The van der Waals surface area contributed by atoms with E-state index in [1.807, 2.05) is 0 Å². The summed E-state index contributed by atoms with van der Waals surface area (Å²) in [4.78, 5) is 0. The summed E-state index contributed by atoms with van der Waals surface area (Å²) in [7, 11) is 0. The molecule has 1 nitrogen and oxygen atoms in total. The van der Waals surface area contributed by atoms with Crippen molar-refractivity contribution in [3.63, 3.8) is 0 Å². The Kier molecular flexibility index (Phi) is 4.43. The predicted octanol–water partition coefficient (Wildman–Crippen LogP) is 3.45. The molecule has 0 unspecified atom stereocenters. The molecule has 0 aromatic rings. The first-order valence-corrected chi connectivity index (χ1v) is 6.27. The fraction of sp³-hybridized carbons (Fsp3) is 1.00. The minimum absolute atomic E-state index is 0.648. The fourth-order valence-electron chi connectivity index (χ4n) is 2.62. The lowest BCUT2D eigenvalue weighted by Crippen LogP contribution is -2.40. The highest BCUT2D eigenvalue weighted by atomic mass is 14.9. The smallest absolute Gasteiger partial charge is 0.00435 e. The van der Waals surface area contributed by atoms with E-state index in [1.54, 1.807) is 0 Å². The Labute approximate surface area is 89.7 Å². The summed E-state index contributed by atoms with van der Waals surface area (Å²) in [6.45, 7) is 12.0. The molecular weight excluding hydrogens is 170 g/mol. The van der Waals surface area contributed by atoms with Crippen LogP contribution in [0.25, 0.3) is 0 Å². The van der Waals surface area contributed by atoms with Crippen molar-refractivity contribution in [2.45, 2.75) is 53.4 Å². The molecule has 0 amide bonds. The van der Waals surface area contributed by atoms with Crippen molar-refractivity contribution in [2.24, 2.45) is 17.3 Å². The van der Waals surface area contributed by atoms with Gasteiger partial charge in [0.25, 0.3) is 0 Å². The Morgan fingerprint density at radius 2 is 1.64 bits per heavy atom. The molecule has 1 saturated heterocycles. The summed E-state index contributed by atoms with van der Waals surface area (Å²) in [5.74, 6) is 1.71.